The largest absolute Gasteiger partial charge is 0.368 e. The number of carbonyl (C=O) groups excluding carboxylic acids is 1. The lowest BCUT2D eigenvalue weighted by molar-refractivity contribution is 0.0751. The Bertz CT molecular complexity index is 417. The van der Waals surface area contributed by atoms with Crippen molar-refractivity contribution in [3.05, 3.63) is 23.6 Å². The van der Waals surface area contributed by atoms with Crippen LogP contribution < -0.4 is 5.32 Å². The van der Waals surface area contributed by atoms with Crippen LogP contribution in [0.15, 0.2) is 12.3 Å². The Balaban J connectivity index is 3.00. The molecule has 0 aliphatic heterocycles. The van der Waals surface area contributed by atoms with Crippen LogP contribution in [0.4, 0.5) is 10.2 Å². The third kappa shape index (κ3) is 3.91. The summed E-state index contributed by atoms with van der Waals surface area (Å²) >= 11 is 0. The summed E-state index contributed by atoms with van der Waals surface area (Å²) in [4.78, 5) is 17.9. The zero-order chi connectivity index (χ0) is 14.3. The van der Waals surface area contributed by atoms with Crippen LogP contribution in [0, 0.1) is 5.82 Å². The number of hydrogen-bond donors (Lipinski definition) is 1. The molecule has 19 heavy (non-hydrogen) atoms. The molecule has 1 aromatic heterocycles. The number of pyridine rings is 1. The van der Waals surface area contributed by atoms with Crippen molar-refractivity contribution in [2.24, 2.45) is 0 Å². The first kappa shape index (κ1) is 15.4. The van der Waals surface area contributed by atoms with Crippen LogP contribution in [0.1, 0.15) is 44.0 Å². The Morgan fingerprint density at radius 2 is 1.95 bits per heavy atom. The summed E-state index contributed by atoms with van der Waals surface area (Å²) < 4.78 is 14.2. The van der Waals surface area contributed by atoms with Gasteiger partial charge in [-0.15, -0.1) is 0 Å². The van der Waals surface area contributed by atoms with Gasteiger partial charge in [-0.25, -0.2) is 9.37 Å². The molecule has 1 aromatic rings. The molecule has 0 atom stereocenters. The fourth-order valence-electron chi connectivity index (χ4n) is 1.92. The fraction of sp³-hybridized carbons (Fsp3) is 0.571. The number of hydrogen-bond acceptors (Lipinski definition) is 3. The second-order valence-corrected chi connectivity index (χ2v) is 4.34. The molecule has 106 valence electrons. The second kappa shape index (κ2) is 7.71. The number of carbonyl (C=O) groups is 1. The summed E-state index contributed by atoms with van der Waals surface area (Å²) in [5.41, 5.74) is 0.0906. The van der Waals surface area contributed by atoms with Crippen LogP contribution >= 0.6 is 0 Å². The molecule has 0 saturated heterocycles. The minimum Gasteiger partial charge on any atom is -0.368 e. The molecule has 0 bridgehead atoms. The number of nitrogens with zero attached hydrogens (tertiary/aromatic N) is 2. The van der Waals surface area contributed by atoms with Crippen molar-refractivity contribution < 1.29 is 9.18 Å². The minimum absolute atomic E-state index is 0.0906. The van der Waals surface area contributed by atoms with E-state index in [0.29, 0.717) is 19.6 Å². The van der Waals surface area contributed by atoms with Gasteiger partial charge < -0.3 is 10.2 Å². The topological polar surface area (TPSA) is 45.2 Å². The van der Waals surface area contributed by atoms with Crippen LogP contribution in [0.5, 0.6) is 0 Å². The van der Waals surface area contributed by atoms with Gasteiger partial charge in [-0.2, -0.15) is 0 Å². The highest BCUT2D eigenvalue weighted by Gasteiger charge is 2.20. The van der Waals surface area contributed by atoms with Crippen LogP contribution in [0.2, 0.25) is 0 Å². The smallest absolute Gasteiger partial charge is 0.257 e. The van der Waals surface area contributed by atoms with Gasteiger partial charge >= 0.3 is 0 Å². The molecule has 5 heteroatoms. The van der Waals surface area contributed by atoms with E-state index in [4.69, 9.17) is 0 Å². The highest BCUT2D eigenvalue weighted by Crippen LogP contribution is 2.17. The van der Waals surface area contributed by atoms with Crippen LogP contribution in [-0.2, 0) is 0 Å². The van der Waals surface area contributed by atoms with Crippen LogP contribution in [0.25, 0.3) is 0 Å². The molecule has 0 spiro atoms. The lowest BCUT2D eigenvalue weighted by atomic mass is 10.2. The van der Waals surface area contributed by atoms with Gasteiger partial charge in [0.1, 0.15) is 0 Å². The molecule has 0 aromatic carbocycles. The molecular formula is C14H22FN3O. The molecule has 0 unspecified atom stereocenters. The molecule has 0 fully saturated rings. The molecule has 0 radical (unpaired) electrons. The fourth-order valence-corrected chi connectivity index (χ4v) is 1.92. The van der Waals surface area contributed by atoms with Crippen molar-refractivity contribution in [3.63, 3.8) is 0 Å². The number of amides is 1. The van der Waals surface area contributed by atoms with E-state index in [9.17, 15) is 9.18 Å². The van der Waals surface area contributed by atoms with Gasteiger partial charge in [0, 0.05) is 25.8 Å². The van der Waals surface area contributed by atoms with Crippen LogP contribution in [-0.4, -0.2) is 35.4 Å². The van der Waals surface area contributed by atoms with Gasteiger partial charge in [0.05, 0.1) is 5.56 Å². The molecular weight excluding hydrogens is 245 g/mol. The van der Waals surface area contributed by atoms with E-state index in [-0.39, 0.29) is 17.3 Å². The number of aromatic nitrogens is 1. The molecule has 1 amide bonds. The van der Waals surface area contributed by atoms with Crippen molar-refractivity contribution in [1.82, 2.24) is 9.88 Å². The molecule has 0 aliphatic carbocycles. The van der Waals surface area contributed by atoms with Gasteiger partial charge in [-0.3, -0.25) is 4.79 Å². The SMILES string of the molecule is CCCN(CCC)C(=O)c1ccnc(NCC)c1F. The van der Waals surface area contributed by atoms with Crippen molar-refractivity contribution in [1.29, 1.82) is 0 Å². The number of anilines is 1. The van der Waals surface area contributed by atoms with E-state index in [0.717, 1.165) is 12.8 Å². The van der Waals surface area contributed by atoms with Gasteiger partial charge in [0.25, 0.3) is 5.91 Å². The van der Waals surface area contributed by atoms with E-state index in [1.165, 1.54) is 12.3 Å². The predicted molar refractivity (Wildman–Crippen MR) is 74.8 cm³/mol. The van der Waals surface area contributed by atoms with Crippen molar-refractivity contribution >= 4 is 11.7 Å². The van der Waals surface area contributed by atoms with E-state index >= 15 is 0 Å². The quantitative estimate of drug-likeness (QED) is 0.826. The van der Waals surface area contributed by atoms with Gasteiger partial charge in [-0.1, -0.05) is 13.8 Å². The monoisotopic (exact) mass is 267 g/mol. The summed E-state index contributed by atoms with van der Waals surface area (Å²) in [7, 11) is 0. The maximum atomic E-state index is 14.2. The van der Waals surface area contributed by atoms with Gasteiger partial charge in [0.2, 0.25) is 0 Å². The Labute approximate surface area is 114 Å². The van der Waals surface area contributed by atoms with Gasteiger partial charge in [-0.05, 0) is 25.8 Å². The minimum atomic E-state index is -0.563. The first-order valence-corrected chi connectivity index (χ1v) is 6.83. The summed E-state index contributed by atoms with van der Waals surface area (Å²) in [5, 5.41) is 2.82. The van der Waals surface area contributed by atoms with Crippen molar-refractivity contribution in [3.8, 4) is 0 Å². The maximum Gasteiger partial charge on any atom is 0.257 e. The number of nitrogens with one attached hydrogen (secondary N) is 1. The first-order valence-electron chi connectivity index (χ1n) is 6.83. The van der Waals surface area contributed by atoms with Crippen molar-refractivity contribution in [2.75, 3.05) is 25.0 Å². The molecule has 1 N–H and O–H groups in total. The molecule has 1 rings (SSSR count). The average Bonchev–Trinajstić information content (AvgIpc) is 2.40. The van der Waals surface area contributed by atoms with E-state index in [1.54, 1.807) is 4.90 Å². The zero-order valence-electron chi connectivity index (χ0n) is 11.9. The van der Waals surface area contributed by atoms with Crippen LogP contribution in [0.3, 0.4) is 0 Å². The highest BCUT2D eigenvalue weighted by molar-refractivity contribution is 5.95. The van der Waals surface area contributed by atoms with Crippen molar-refractivity contribution in [2.45, 2.75) is 33.6 Å². The normalized spacial score (nSPS) is 10.3. The summed E-state index contributed by atoms with van der Waals surface area (Å²) in [5.74, 6) is -0.685. The summed E-state index contributed by atoms with van der Waals surface area (Å²) in [6.07, 6.45) is 3.18. The molecule has 0 aliphatic rings. The van der Waals surface area contributed by atoms with E-state index < -0.39 is 5.82 Å². The summed E-state index contributed by atoms with van der Waals surface area (Å²) in [6.45, 7) is 7.72. The standard InChI is InChI=1S/C14H22FN3O/c1-4-9-18(10-5-2)14(19)11-7-8-17-13(12(11)15)16-6-3/h7-8H,4-6,9-10H2,1-3H3,(H,16,17). The molecule has 1 heterocycles. The lowest BCUT2D eigenvalue weighted by Crippen LogP contribution is -2.33. The predicted octanol–water partition coefficient (Wildman–Crippen LogP) is 2.91. The Kier molecular flexibility index (Phi) is 6.25. The Morgan fingerprint density at radius 3 is 2.47 bits per heavy atom. The third-order valence-corrected chi connectivity index (χ3v) is 2.74. The maximum absolute atomic E-state index is 14.2. The molecule has 0 saturated carbocycles. The second-order valence-electron chi connectivity index (χ2n) is 4.34. The lowest BCUT2D eigenvalue weighted by Gasteiger charge is -2.22. The Hall–Kier alpha value is -1.65. The van der Waals surface area contributed by atoms with Gasteiger partial charge in [0.15, 0.2) is 11.6 Å². The number of halogens is 1. The first-order chi connectivity index (χ1) is 9.15. The van der Waals surface area contributed by atoms with E-state index in [2.05, 4.69) is 10.3 Å². The zero-order valence-corrected chi connectivity index (χ0v) is 11.9. The Morgan fingerprint density at radius 1 is 1.32 bits per heavy atom. The van der Waals surface area contributed by atoms with E-state index in [1.807, 2.05) is 20.8 Å². The highest BCUT2D eigenvalue weighted by atomic mass is 19.1. The average molecular weight is 267 g/mol. The number of rotatable bonds is 7. The molecule has 4 nitrogen and oxygen atoms in total. The summed E-state index contributed by atoms with van der Waals surface area (Å²) in [6, 6.07) is 1.44. The third-order valence-electron chi connectivity index (χ3n) is 2.74.